The summed E-state index contributed by atoms with van der Waals surface area (Å²) in [5.74, 6) is 0.339. The Balaban J connectivity index is 1.45. The number of rotatable bonds is 6. The molecule has 3 aromatic heterocycles. The van der Waals surface area contributed by atoms with Crippen molar-refractivity contribution in [3.63, 3.8) is 0 Å². The molecule has 4 rings (SSSR count). The van der Waals surface area contributed by atoms with E-state index in [-0.39, 0.29) is 5.91 Å². The van der Waals surface area contributed by atoms with Gasteiger partial charge in [0.1, 0.15) is 5.69 Å². The van der Waals surface area contributed by atoms with Gasteiger partial charge in [0, 0.05) is 42.3 Å². The van der Waals surface area contributed by atoms with Crippen LogP contribution in [0.5, 0.6) is 0 Å². The van der Waals surface area contributed by atoms with Crippen molar-refractivity contribution >= 4 is 5.91 Å². The molecule has 0 radical (unpaired) electrons. The smallest absolute Gasteiger partial charge is 0.271 e. The highest BCUT2D eigenvalue weighted by molar-refractivity contribution is 5.91. The molecule has 0 saturated heterocycles. The van der Waals surface area contributed by atoms with E-state index in [4.69, 9.17) is 0 Å². The Kier molecular flexibility index (Phi) is 4.43. The number of carbonyl (C=O) groups excluding carboxylic acids is 1. The topological polar surface area (TPSA) is 85.6 Å². The van der Waals surface area contributed by atoms with Gasteiger partial charge in [0.2, 0.25) is 0 Å². The summed E-state index contributed by atoms with van der Waals surface area (Å²) in [4.78, 5) is 24.4. The summed E-state index contributed by atoms with van der Waals surface area (Å²) in [6.45, 7) is 2.96. The van der Waals surface area contributed by atoms with Crippen LogP contribution in [0.25, 0.3) is 11.1 Å². The van der Waals surface area contributed by atoms with Crippen LogP contribution in [-0.2, 0) is 6.54 Å². The number of nitrogens with zero attached hydrogens (tertiary/aromatic N) is 5. The molecular weight excluding hydrogens is 328 g/mol. The van der Waals surface area contributed by atoms with Gasteiger partial charge in [-0.15, -0.1) is 0 Å². The van der Waals surface area contributed by atoms with Crippen molar-refractivity contribution in [2.24, 2.45) is 0 Å². The first-order valence-corrected chi connectivity index (χ1v) is 8.75. The van der Waals surface area contributed by atoms with Crippen molar-refractivity contribution in [1.82, 2.24) is 30.0 Å². The van der Waals surface area contributed by atoms with E-state index in [9.17, 15) is 4.79 Å². The largest absolute Gasteiger partial charge is 0.349 e. The van der Waals surface area contributed by atoms with Crippen molar-refractivity contribution in [2.75, 3.05) is 6.54 Å². The Morgan fingerprint density at radius 3 is 2.69 bits per heavy atom. The number of amides is 1. The lowest BCUT2D eigenvalue weighted by atomic mass is 10.1. The third-order valence-corrected chi connectivity index (χ3v) is 4.46. The molecule has 26 heavy (non-hydrogen) atoms. The van der Waals surface area contributed by atoms with Crippen molar-refractivity contribution < 1.29 is 4.79 Å². The molecule has 1 amide bonds. The zero-order chi connectivity index (χ0) is 17.9. The highest BCUT2D eigenvalue weighted by Crippen LogP contribution is 2.44. The predicted molar refractivity (Wildman–Crippen MR) is 96.5 cm³/mol. The van der Waals surface area contributed by atoms with Gasteiger partial charge >= 0.3 is 0 Å². The van der Waals surface area contributed by atoms with E-state index in [1.807, 2.05) is 29.9 Å². The molecule has 132 valence electrons. The van der Waals surface area contributed by atoms with Gasteiger partial charge in [-0.25, -0.2) is 4.98 Å². The van der Waals surface area contributed by atoms with E-state index < -0.39 is 0 Å². The molecule has 1 aliphatic carbocycles. The van der Waals surface area contributed by atoms with Gasteiger partial charge in [-0.2, -0.15) is 5.10 Å². The van der Waals surface area contributed by atoms with E-state index in [0.29, 0.717) is 24.7 Å². The molecule has 1 N–H and O–H groups in total. The Morgan fingerprint density at radius 2 is 2.00 bits per heavy atom. The lowest BCUT2D eigenvalue weighted by Gasteiger charge is -2.10. The zero-order valence-electron chi connectivity index (χ0n) is 14.6. The summed E-state index contributed by atoms with van der Waals surface area (Å²) in [7, 11) is 0. The number of carbonyl (C=O) groups is 1. The number of hydrogen-bond donors (Lipinski definition) is 1. The molecule has 0 aromatic carbocycles. The van der Waals surface area contributed by atoms with Gasteiger partial charge in [-0.1, -0.05) is 0 Å². The van der Waals surface area contributed by atoms with Gasteiger partial charge < -0.3 is 5.32 Å². The molecule has 3 aromatic rings. The Bertz CT molecular complexity index is 900. The van der Waals surface area contributed by atoms with Crippen LogP contribution < -0.4 is 5.32 Å². The fourth-order valence-electron chi connectivity index (χ4n) is 2.99. The maximum Gasteiger partial charge on any atom is 0.271 e. The van der Waals surface area contributed by atoms with Crippen LogP contribution in [0.2, 0.25) is 0 Å². The van der Waals surface area contributed by atoms with Crippen LogP contribution in [0.1, 0.15) is 40.6 Å². The molecular formula is C19H20N6O. The molecule has 7 nitrogen and oxygen atoms in total. The van der Waals surface area contributed by atoms with Crippen molar-refractivity contribution in [3.05, 3.63) is 60.2 Å². The Labute approximate surface area is 151 Å². The average Bonchev–Trinajstić information content (AvgIpc) is 3.42. The summed E-state index contributed by atoms with van der Waals surface area (Å²) in [6, 6.07) is 4.01. The summed E-state index contributed by atoms with van der Waals surface area (Å²) < 4.78 is 2.01. The molecule has 1 fully saturated rings. The van der Waals surface area contributed by atoms with E-state index in [0.717, 1.165) is 16.8 Å². The van der Waals surface area contributed by atoms with Crippen molar-refractivity contribution in [3.8, 4) is 11.1 Å². The normalized spacial score (nSPS) is 13.6. The third kappa shape index (κ3) is 3.46. The molecule has 1 aliphatic rings. The van der Waals surface area contributed by atoms with Crippen LogP contribution in [0.15, 0.2) is 43.1 Å². The number of aromatic nitrogens is 5. The van der Waals surface area contributed by atoms with E-state index in [1.54, 1.807) is 18.6 Å². The number of hydrogen-bond acceptors (Lipinski definition) is 5. The lowest BCUT2D eigenvalue weighted by Crippen LogP contribution is -2.28. The SMILES string of the molecule is Cc1cnc(C(=O)NCCn2ncc(-c3ccncc3)c2C2CC2)cn1. The van der Waals surface area contributed by atoms with Gasteiger partial charge in [-0.05, 0) is 37.5 Å². The quantitative estimate of drug-likeness (QED) is 0.739. The average molecular weight is 348 g/mol. The van der Waals surface area contributed by atoms with Crippen LogP contribution in [0, 0.1) is 6.92 Å². The maximum absolute atomic E-state index is 12.2. The molecule has 7 heteroatoms. The van der Waals surface area contributed by atoms with E-state index in [1.165, 1.54) is 24.7 Å². The lowest BCUT2D eigenvalue weighted by molar-refractivity contribution is 0.0946. The van der Waals surface area contributed by atoms with Crippen LogP contribution in [0.3, 0.4) is 0 Å². The van der Waals surface area contributed by atoms with Gasteiger partial charge in [-0.3, -0.25) is 19.4 Å². The van der Waals surface area contributed by atoms with Crippen LogP contribution in [-0.4, -0.2) is 37.2 Å². The van der Waals surface area contributed by atoms with Gasteiger partial charge in [0.05, 0.1) is 24.6 Å². The minimum atomic E-state index is -0.216. The fourth-order valence-corrected chi connectivity index (χ4v) is 2.99. The molecule has 1 saturated carbocycles. The Morgan fingerprint density at radius 1 is 1.19 bits per heavy atom. The molecule has 0 bridgehead atoms. The van der Waals surface area contributed by atoms with Crippen molar-refractivity contribution in [1.29, 1.82) is 0 Å². The number of nitrogens with one attached hydrogen (secondary N) is 1. The Hall–Kier alpha value is -3.09. The summed E-state index contributed by atoms with van der Waals surface area (Å²) >= 11 is 0. The second kappa shape index (κ2) is 7.03. The second-order valence-corrected chi connectivity index (χ2v) is 6.48. The fraction of sp³-hybridized carbons (Fsp3) is 0.316. The highest BCUT2D eigenvalue weighted by Gasteiger charge is 2.30. The first-order chi connectivity index (χ1) is 12.7. The van der Waals surface area contributed by atoms with Gasteiger partial charge in [0.25, 0.3) is 5.91 Å². The summed E-state index contributed by atoms with van der Waals surface area (Å²) in [5, 5.41) is 7.44. The summed E-state index contributed by atoms with van der Waals surface area (Å²) in [6.07, 6.45) is 11.0. The first-order valence-electron chi connectivity index (χ1n) is 8.75. The zero-order valence-corrected chi connectivity index (χ0v) is 14.6. The molecule has 0 unspecified atom stereocenters. The van der Waals surface area contributed by atoms with Crippen LogP contribution in [0.4, 0.5) is 0 Å². The molecule has 0 atom stereocenters. The van der Waals surface area contributed by atoms with Crippen molar-refractivity contribution in [2.45, 2.75) is 32.2 Å². The molecule has 0 spiro atoms. The monoisotopic (exact) mass is 348 g/mol. The van der Waals surface area contributed by atoms with Gasteiger partial charge in [0.15, 0.2) is 0 Å². The maximum atomic E-state index is 12.2. The highest BCUT2D eigenvalue weighted by atomic mass is 16.1. The van der Waals surface area contributed by atoms with E-state index in [2.05, 4.69) is 25.4 Å². The second-order valence-electron chi connectivity index (χ2n) is 6.48. The number of pyridine rings is 1. The first kappa shape index (κ1) is 16.4. The minimum absolute atomic E-state index is 0.216. The molecule has 3 heterocycles. The standard InChI is InChI=1S/C19H20N6O/c1-13-10-23-17(12-22-13)19(26)21-8-9-25-18(15-2-3-15)16(11-24-25)14-4-6-20-7-5-14/h4-7,10-12,15H,2-3,8-9H2,1H3,(H,21,26). The van der Waals surface area contributed by atoms with Crippen LogP contribution >= 0.6 is 0 Å². The number of aryl methyl sites for hydroxylation is 1. The van der Waals surface area contributed by atoms with E-state index >= 15 is 0 Å². The summed E-state index contributed by atoms with van der Waals surface area (Å²) in [5.41, 5.74) is 4.66. The third-order valence-electron chi connectivity index (χ3n) is 4.46. The molecule has 0 aliphatic heterocycles. The minimum Gasteiger partial charge on any atom is -0.349 e. The predicted octanol–water partition coefficient (Wildman–Crippen LogP) is 2.35.